The van der Waals surface area contributed by atoms with Crippen molar-refractivity contribution in [2.75, 3.05) is 25.6 Å². The van der Waals surface area contributed by atoms with Crippen LogP contribution in [0.2, 0.25) is 0 Å². The highest BCUT2D eigenvalue weighted by Crippen LogP contribution is 2.54. The summed E-state index contributed by atoms with van der Waals surface area (Å²) in [5.74, 6) is 1.11. The van der Waals surface area contributed by atoms with Crippen molar-refractivity contribution in [2.45, 2.75) is 51.6 Å². The van der Waals surface area contributed by atoms with Crippen LogP contribution in [0.25, 0.3) is 21.8 Å². The summed E-state index contributed by atoms with van der Waals surface area (Å²) in [5.41, 5.74) is 7.79. The second kappa shape index (κ2) is 13.2. The van der Waals surface area contributed by atoms with Gasteiger partial charge >= 0.3 is 13.3 Å². The standard InChI is InChI=1S/C30H34F2N3O6P/c1-19-15-24(41-14-13-40-12-11-30(31,32)42(37,38)39)9-8-23(19)7-5-22-16-26-25-10-6-21(4-3-20(2)36)17-27(25)35-29(33)28(26)34-18-22/h6,8-10,15-18H,3-5,7,11-14H2,1-2H3,(H2,33,35)(H2,37,38,39). The molecule has 0 radical (unpaired) electrons. The fourth-order valence-corrected chi connectivity index (χ4v) is 4.97. The van der Waals surface area contributed by atoms with Gasteiger partial charge in [0.2, 0.25) is 0 Å². The average Bonchev–Trinajstić information content (AvgIpc) is 2.92. The van der Waals surface area contributed by atoms with Crippen LogP contribution < -0.4 is 10.5 Å². The molecule has 224 valence electrons. The van der Waals surface area contributed by atoms with Crippen LogP contribution in [-0.2, 0) is 33.4 Å². The fourth-order valence-electron chi connectivity index (χ4n) is 4.59. The maximum atomic E-state index is 13.3. The van der Waals surface area contributed by atoms with E-state index in [0.29, 0.717) is 29.9 Å². The van der Waals surface area contributed by atoms with Crippen LogP contribution in [0.3, 0.4) is 0 Å². The van der Waals surface area contributed by atoms with E-state index in [1.54, 1.807) is 6.92 Å². The Bertz CT molecular complexity index is 1640. The van der Waals surface area contributed by atoms with Crippen molar-refractivity contribution in [1.29, 1.82) is 0 Å². The van der Waals surface area contributed by atoms with E-state index in [1.165, 1.54) is 0 Å². The molecule has 2 aromatic carbocycles. The van der Waals surface area contributed by atoms with E-state index in [-0.39, 0.29) is 19.0 Å². The summed E-state index contributed by atoms with van der Waals surface area (Å²) in [7, 11) is -5.50. The van der Waals surface area contributed by atoms with Crippen LogP contribution in [0.15, 0.2) is 48.7 Å². The van der Waals surface area contributed by atoms with Crippen LogP contribution in [-0.4, -0.2) is 51.0 Å². The molecule has 4 aromatic rings. The number of pyridine rings is 2. The molecular formula is C30H34F2N3O6P. The molecule has 0 aliphatic carbocycles. The Hall–Kier alpha value is -3.50. The van der Waals surface area contributed by atoms with E-state index in [0.717, 1.165) is 51.4 Å². The number of hydrogen-bond acceptors (Lipinski definition) is 7. The van der Waals surface area contributed by atoms with Gasteiger partial charge in [-0.3, -0.25) is 9.55 Å². The van der Waals surface area contributed by atoms with Gasteiger partial charge < -0.3 is 29.8 Å². The summed E-state index contributed by atoms with van der Waals surface area (Å²) in [6, 6.07) is 13.8. The number of hydrogen-bond donors (Lipinski definition) is 3. The van der Waals surface area contributed by atoms with Gasteiger partial charge in [-0.1, -0.05) is 18.2 Å². The first-order valence-electron chi connectivity index (χ1n) is 13.5. The van der Waals surface area contributed by atoms with Crippen LogP contribution in [0.5, 0.6) is 5.75 Å². The van der Waals surface area contributed by atoms with E-state index in [9.17, 15) is 18.1 Å². The quantitative estimate of drug-likeness (QED) is 0.0964. The zero-order valence-electron chi connectivity index (χ0n) is 23.5. The number of ketones is 1. The van der Waals surface area contributed by atoms with Crippen molar-refractivity contribution in [3.8, 4) is 5.75 Å². The molecule has 0 unspecified atom stereocenters. The molecule has 2 aromatic heterocycles. The minimum Gasteiger partial charge on any atom is -0.491 e. The summed E-state index contributed by atoms with van der Waals surface area (Å²) < 4.78 is 48.0. The summed E-state index contributed by atoms with van der Waals surface area (Å²) in [4.78, 5) is 37.8. The van der Waals surface area contributed by atoms with Crippen LogP contribution in [0.1, 0.15) is 42.0 Å². The number of ether oxygens (including phenoxy) is 2. The number of nitrogens with two attached hydrogens (primary N) is 1. The van der Waals surface area contributed by atoms with E-state index in [1.807, 2.05) is 49.5 Å². The van der Waals surface area contributed by atoms with E-state index in [2.05, 4.69) is 16.0 Å². The molecule has 0 fully saturated rings. The Kier molecular flexibility index (Phi) is 9.89. The van der Waals surface area contributed by atoms with Crippen molar-refractivity contribution in [3.05, 3.63) is 70.9 Å². The molecule has 0 bridgehead atoms. The Balaban J connectivity index is 1.35. The summed E-state index contributed by atoms with van der Waals surface area (Å²) in [5, 5.41) is 1.89. The van der Waals surface area contributed by atoms with Gasteiger partial charge in [0.15, 0.2) is 5.82 Å². The van der Waals surface area contributed by atoms with E-state index >= 15 is 0 Å². The second-order valence-electron chi connectivity index (χ2n) is 10.3. The van der Waals surface area contributed by atoms with Crippen molar-refractivity contribution in [1.82, 2.24) is 9.97 Å². The van der Waals surface area contributed by atoms with Crippen molar-refractivity contribution >= 4 is 41.0 Å². The molecule has 0 aliphatic heterocycles. The molecule has 0 spiro atoms. The van der Waals surface area contributed by atoms with Gasteiger partial charge in [-0.15, -0.1) is 0 Å². The third-order valence-electron chi connectivity index (χ3n) is 7.01. The first-order valence-corrected chi connectivity index (χ1v) is 15.1. The number of rotatable bonds is 14. The van der Waals surface area contributed by atoms with Gasteiger partial charge in [-0.25, -0.2) is 4.98 Å². The number of fused-ring (bicyclic) bond motifs is 3. The molecule has 4 N–H and O–H groups in total. The lowest BCUT2D eigenvalue weighted by Crippen LogP contribution is -2.20. The molecular weight excluding hydrogens is 567 g/mol. The fraction of sp³-hybridized carbons (Fsp3) is 0.367. The van der Waals surface area contributed by atoms with Gasteiger partial charge in [-0.05, 0) is 79.6 Å². The molecule has 42 heavy (non-hydrogen) atoms. The number of benzene rings is 2. The number of nitrogens with zero attached hydrogens (tertiary/aromatic N) is 2. The molecule has 0 saturated heterocycles. The zero-order valence-corrected chi connectivity index (χ0v) is 24.4. The average molecular weight is 602 g/mol. The molecule has 12 heteroatoms. The van der Waals surface area contributed by atoms with E-state index in [4.69, 9.17) is 25.0 Å². The van der Waals surface area contributed by atoms with Gasteiger partial charge in [0.1, 0.15) is 23.7 Å². The first kappa shape index (κ1) is 31.4. The maximum absolute atomic E-state index is 13.3. The summed E-state index contributed by atoms with van der Waals surface area (Å²) in [6.45, 7) is 3.17. The number of carbonyl (C=O) groups excluding carboxylic acids is 1. The van der Waals surface area contributed by atoms with Gasteiger partial charge in [-0.2, -0.15) is 8.78 Å². The molecule has 9 nitrogen and oxygen atoms in total. The minimum absolute atomic E-state index is 0.00143. The third kappa shape index (κ3) is 7.86. The Labute approximate surface area is 242 Å². The Morgan fingerprint density at radius 2 is 1.79 bits per heavy atom. The summed E-state index contributed by atoms with van der Waals surface area (Å²) >= 11 is 0. The minimum atomic E-state index is -5.50. The molecule has 2 heterocycles. The third-order valence-corrected chi connectivity index (χ3v) is 8.09. The normalized spacial score (nSPS) is 12.2. The molecule has 0 saturated carbocycles. The number of anilines is 1. The first-order chi connectivity index (χ1) is 19.8. The number of Topliss-reactive ketones (excluding diaryl/α,β-unsaturated/α-hetero) is 1. The van der Waals surface area contributed by atoms with Gasteiger partial charge in [0.25, 0.3) is 0 Å². The highest BCUT2D eigenvalue weighted by molar-refractivity contribution is 7.53. The van der Waals surface area contributed by atoms with Crippen molar-refractivity contribution < 1.29 is 37.4 Å². The molecule has 0 atom stereocenters. The largest absolute Gasteiger partial charge is 0.491 e. The monoisotopic (exact) mass is 601 g/mol. The summed E-state index contributed by atoms with van der Waals surface area (Å²) in [6.07, 6.45) is 3.40. The zero-order chi connectivity index (χ0) is 30.5. The van der Waals surface area contributed by atoms with Crippen molar-refractivity contribution in [3.63, 3.8) is 0 Å². The van der Waals surface area contributed by atoms with Crippen molar-refractivity contribution in [2.24, 2.45) is 0 Å². The highest BCUT2D eigenvalue weighted by Gasteiger charge is 2.48. The molecule has 4 rings (SSSR count). The number of nitrogen functional groups attached to an aromatic ring is 1. The van der Waals surface area contributed by atoms with Gasteiger partial charge in [0.05, 0.1) is 18.7 Å². The number of carbonyl (C=O) groups is 1. The Morgan fingerprint density at radius 3 is 2.50 bits per heavy atom. The SMILES string of the molecule is CC(=O)CCc1ccc2c(c1)nc(N)c1ncc(CCc3ccc(OCCOCCC(F)(F)P(=O)(O)O)cc3C)cc12. The number of aryl methyl sites for hydroxylation is 4. The predicted molar refractivity (Wildman–Crippen MR) is 157 cm³/mol. The number of alkyl halides is 2. The lowest BCUT2D eigenvalue weighted by molar-refractivity contribution is -0.116. The van der Waals surface area contributed by atoms with Crippen LogP contribution in [0, 0.1) is 6.92 Å². The highest BCUT2D eigenvalue weighted by atomic mass is 31.2. The second-order valence-corrected chi connectivity index (χ2v) is 12.0. The lowest BCUT2D eigenvalue weighted by Gasteiger charge is -2.17. The Morgan fingerprint density at radius 1 is 1.00 bits per heavy atom. The predicted octanol–water partition coefficient (Wildman–Crippen LogP) is 5.54. The molecule has 0 aliphatic rings. The van der Waals surface area contributed by atoms with Gasteiger partial charge in [0, 0.05) is 29.8 Å². The maximum Gasteiger partial charge on any atom is 0.394 e. The van der Waals surface area contributed by atoms with Crippen LogP contribution >= 0.6 is 7.60 Å². The molecule has 0 amide bonds. The smallest absolute Gasteiger partial charge is 0.394 e. The van der Waals surface area contributed by atoms with Crippen LogP contribution in [0.4, 0.5) is 14.6 Å². The topological polar surface area (TPSA) is 145 Å². The van der Waals surface area contributed by atoms with E-state index < -0.39 is 26.3 Å². The number of halogens is 2. The number of aromatic nitrogens is 2. The lowest BCUT2D eigenvalue weighted by atomic mass is 9.99.